The van der Waals surface area contributed by atoms with Crippen molar-refractivity contribution in [3.8, 4) is 0 Å². The molecule has 1 aromatic carbocycles. The van der Waals surface area contributed by atoms with Gasteiger partial charge in [0, 0.05) is 15.5 Å². The van der Waals surface area contributed by atoms with Crippen LogP contribution in [0.3, 0.4) is 0 Å². The molecular weight excluding hydrogens is 341 g/mol. The summed E-state index contributed by atoms with van der Waals surface area (Å²) in [5.74, 6) is 2.39. The maximum Gasteiger partial charge on any atom is 0.0671 e. The van der Waals surface area contributed by atoms with E-state index in [4.69, 9.17) is 23.2 Å². The van der Waals surface area contributed by atoms with E-state index in [0.717, 1.165) is 12.3 Å². The van der Waals surface area contributed by atoms with Gasteiger partial charge in [0.25, 0.3) is 0 Å². The number of thiophene rings is 1. The molecule has 1 unspecified atom stereocenters. The first-order chi connectivity index (χ1) is 10.2. The van der Waals surface area contributed by atoms with E-state index in [1.807, 2.05) is 35.2 Å². The van der Waals surface area contributed by atoms with Gasteiger partial charge in [-0.25, -0.2) is 0 Å². The Morgan fingerprint density at radius 1 is 1.24 bits per heavy atom. The van der Waals surface area contributed by atoms with E-state index < -0.39 is 0 Å². The normalized spacial score (nSPS) is 15.8. The molecule has 1 aliphatic rings. The lowest BCUT2D eigenvalue weighted by molar-refractivity contribution is 0.639. The van der Waals surface area contributed by atoms with Crippen LogP contribution in [-0.4, -0.2) is 12.3 Å². The Balaban J connectivity index is 1.96. The van der Waals surface area contributed by atoms with Crippen LogP contribution in [-0.2, 0) is 12.2 Å². The molecule has 2 aromatic rings. The van der Waals surface area contributed by atoms with Gasteiger partial charge >= 0.3 is 0 Å². The van der Waals surface area contributed by atoms with Gasteiger partial charge in [0.2, 0.25) is 0 Å². The topological polar surface area (TPSA) is 12.0 Å². The molecule has 2 heterocycles. The van der Waals surface area contributed by atoms with E-state index in [2.05, 4.69) is 24.4 Å². The molecule has 1 aliphatic heterocycles. The Morgan fingerprint density at radius 3 is 2.81 bits per heavy atom. The molecule has 0 fully saturated rings. The molecule has 0 aliphatic carbocycles. The third-order valence-corrected chi connectivity index (χ3v) is 6.67. The molecule has 1 nitrogen and oxygen atoms in total. The first kappa shape index (κ1) is 15.7. The van der Waals surface area contributed by atoms with Gasteiger partial charge in [0.15, 0.2) is 0 Å². The van der Waals surface area contributed by atoms with E-state index in [-0.39, 0.29) is 6.04 Å². The standard InChI is InChI=1S/C16H17Cl2NS2/c1-2-19-16(10-3-4-12(17)13(18)7-10)15-8-11-9-20-6-5-14(11)21-15/h3-4,7-8,16,19H,2,5-6,9H2,1H3. The smallest absolute Gasteiger partial charge is 0.0671 e. The van der Waals surface area contributed by atoms with E-state index in [1.165, 1.54) is 28.2 Å². The van der Waals surface area contributed by atoms with Gasteiger partial charge in [-0.3, -0.25) is 0 Å². The molecule has 0 radical (unpaired) electrons. The third kappa shape index (κ3) is 3.43. The highest BCUT2D eigenvalue weighted by molar-refractivity contribution is 7.98. The number of halogens is 2. The minimum atomic E-state index is 0.199. The summed E-state index contributed by atoms with van der Waals surface area (Å²) in [4.78, 5) is 2.93. The van der Waals surface area contributed by atoms with Gasteiger partial charge in [0.05, 0.1) is 16.1 Å². The van der Waals surface area contributed by atoms with Crippen LogP contribution in [0.4, 0.5) is 0 Å². The fraction of sp³-hybridized carbons (Fsp3) is 0.375. The molecule has 0 amide bonds. The second kappa shape index (κ2) is 6.93. The molecule has 1 N–H and O–H groups in total. The van der Waals surface area contributed by atoms with Crippen LogP contribution in [0.5, 0.6) is 0 Å². The Kier molecular flexibility index (Phi) is 5.18. The lowest BCUT2D eigenvalue weighted by Crippen LogP contribution is -2.21. The maximum absolute atomic E-state index is 6.19. The average molecular weight is 358 g/mol. The molecule has 21 heavy (non-hydrogen) atoms. The van der Waals surface area contributed by atoms with Crippen molar-refractivity contribution < 1.29 is 0 Å². The molecule has 1 atom stereocenters. The number of hydrogen-bond acceptors (Lipinski definition) is 3. The zero-order valence-electron chi connectivity index (χ0n) is 11.8. The summed E-state index contributed by atoms with van der Waals surface area (Å²) in [6.07, 6.45) is 1.20. The van der Waals surface area contributed by atoms with Crippen LogP contribution in [0.1, 0.15) is 33.8 Å². The van der Waals surface area contributed by atoms with Crippen LogP contribution < -0.4 is 5.32 Å². The molecule has 112 valence electrons. The van der Waals surface area contributed by atoms with Gasteiger partial charge in [-0.2, -0.15) is 11.8 Å². The van der Waals surface area contributed by atoms with Crippen LogP contribution in [0.2, 0.25) is 10.0 Å². The number of benzene rings is 1. The molecule has 0 spiro atoms. The molecule has 0 bridgehead atoms. The van der Waals surface area contributed by atoms with Crippen LogP contribution in [0.25, 0.3) is 0 Å². The molecular formula is C16H17Cl2NS2. The Labute approximate surface area is 144 Å². The Bertz CT molecular complexity index is 616. The lowest BCUT2D eigenvalue weighted by Gasteiger charge is -2.17. The third-order valence-electron chi connectivity index (χ3n) is 3.62. The molecule has 3 rings (SSSR count). The molecule has 1 aromatic heterocycles. The van der Waals surface area contributed by atoms with Gasteiger partial charge < -0.3 is 5.32 Å². The summed E-state index contributed by atoms with van der Waals surface area (Å²) < 4.78 is 0. The van der Waals surface area contributed by atoms with Gasteiger partial charge in [-0.15, -0.1) is 11.3 Å². The first-order valence-electron chi connectivity index (χ1n) is 7.06. The zero-order chi connectivity index (χ0) is 14.8. The monoisotopic (exact) mass is 357 g/mol. The number of thioether (sulfide) groups is 1. The van der Waals surface area contributed by atoms with E-state index >= 15 is 0 Å². The summed E-state index contributed by atoms with van der Waals surface area (Å²) in [5, 5.41) is 4.80. The van der Waals surface area contributed by atoms with Crippen molar-refractivity contribution in [3.05, 3.63) is 55.2 Å². The summed E-state index contributed by atoms with van der Waals surface area (Å²) in [6, 6.07) is 8.49. The van der Waals surface area contributed by atoms with Crippen molar-refractivity contribution in [2.24, 2.45) is 0 Å². The number of hydrogen-bond donors (Lipinski definition) is 1. The van der Waals surface area contributed by atoms with Gasteiger partial charge in [0.1, 0.15) is 0 Å². The average Bonchev–Trinajstić information content (AvgIpc) is 2.91. The predicted octanol–water partition coefficient (Wildman–Crippen LogP) is 5.54. The highest BCUT2D eigenvalue weighted by Gasteiger charge is 2.20. The van der Waals surface area contributed by atoms with Crippen molar-refractivity contribution in [1.82, 2.24) is 5.32 Å². The summed E-state index contributed by atoms with van der Waals surface area (Å²) in [6.45, 7) is 3.05. The van der Waals surface area contributed by atoms with Crippen LogP contribution >= 0.6 is 46.3 Å². The fourth-order valence-electron chi connectivity index (χ4n) is 2.59. The predicted molar refractivity (Wildman–Crippen MR) is 96.2 cm³/mol. The second-order valence-electron chi connectivity index (χ2n) is 5.06. The van der Waals surface area contributed by atoms with E-state index in [0.29, 0.717) is 10.0 Å². The number of fused-ring (bicyclic) bond motifs is 1. The van der Waals surface area contributed by atoms with Crippen molar-refractivity contribution >= 4 is 46.3 Å². The van der Waals surface area contributed by atoms with Gasteiger partial charge in [-0.05, 0) is 48.0 Å². The summed E-state index contributed by atoms with van der Waals surface area (Å²) >= 11 is 16.2. The van der Waals surface area contributed by atoms with E-state index in [1.54, 1.807) is 4.88 Å². The molecule has 0 saturated heterocycles. The van der Waals surface area contributed by atoms with Crippen molar-refractivity contribution in [3.63, 3.8) is 0 Å². The number of rotatable bonds is 4. The largest absolute Gasteiger partial charge is 0.306 e. The quantitative estimate of drug-likeness (QED) is 0.770. The maximum atomic E-state index is 6.19. The SMILES string of the molecule is CCNC(c1ccc(Cl)c(Cl)c1)c1cc2c(s1)CCSC2. The Hall–Kier alpha value is -0.190. The molecule has 0 saturated carbocycles. The highest BCUT2D eigenvalue weighted by atomic mass is 35.5. The second-order valence-corrected chi connectivity index (χ2v) is 8.15. The summed E-state index contributed by atoms with van der Waals surface area (Å²) in [5.41, 5.74) is 2.69. The minimum absolute atomic E-state index is 0.199. The van der Waals surface area contributed by atoms with Crippen LogP contribution in [0, 0.1) is 0 Å². The van der Waals surface area contributed by atoms with Crippen LogP contribution in [0.15, 0.2) is 24.3 Å². The number of aryl methyl sites for hydroxylation is 1. The van der Waals surface area contributed by atoms with Gasteiger partial charge in [-0.1, -0.05) is 36.2 Å². The van der Waals surface area contributed by atoms with Crippen molar-refractivity contribution in [2.45, 2.75) is 25.1 Å². The van der Waals surface area contributed by atoms with Crippen molar-refractivity contribution in [2.75, 3.05) is 12.3 Å². The first-order valence-corrected chi connectivity index (χ1v) is 9.79. The van der Waals surface area contributed by atoms with Crippen molar-refractivity contribution in [1.29, 1.82) is 0 Å². The molecule has 5 heteroatoms. The minimum Gasteiger partial charge on any atom is -0.306 e. The number of nitrogens with one attached hydrogen (secondary N) is 1. The zero-order valence-corrected chi connectivity index (χ0v) is 14.9. The summed E-state index contributed by atoms with van der Waals surface area (Å²) in [7, 11) is 0. The highest BCUT2D eigenvalue weighted by Crippen LogP contribution is 2.37. The lowest BCUT2D eigenvalue weighted by atomic mass is 10.0. The van der Waals surface area contributed by atoms with E-state index in [9.17, 15) is 0 Å². The Morgan fingerprint density at radius 2 is 2.10 bits per heavy atom. The fourth-order valence-corrected chi connectivity index (χ4v) is 5.38.